The third-order valence-electron chi connectivity index (χ3n) is 4.62. The van der Waals surface area contributed by atoms with Crippen molar-refractivity contribution >= 4 is 6.09 Å². The van der Waals surface area contributed by atoms with Gasteiger partial charge in [0.15, 0.2) is 0 Å². The number of aromatic nitrogens is 1. The van der Waals surface area contributed by atoms with Crippen molar-refractivity contribution in [3.63, 3.8) is 0 Å². The molecule has 1 atom stereocenters. The van der Waals surface area contributed by atoms with E-state index < -0.39 is 18.0 Å². The maximum Gasteiger partial charge on any atom is 0.433 e. The highest BCUT2D eigenvalue weighted by Gasteiger charge is 2.32. The molecule has 1 amide bonds. The molecule has 6 nitrogen and oxygen atoms in total. The minimum atomic E-state index is -4.54. The highest BCUT2D eigenvalue weighted by molar-refractivity contribution is 5.72. The van der Waals surface area contributed by atoms with Gasteiger partial charge in [0.1, 0.15) is 11.4 Å². The second kappa shape index (κ2) is 8.91. The SMILES string of the molecule is CC(CNC(=O)O)NCc1cc(C(C)(C)C)cc(-c2ccc(C(F)(F)F)nc2)c1O. The molecule has 0 aliphatic heterocycles. The first kappa shape index (κ1) is 23.5. The van der Waals surface area contributed by atoms with Crippen molar-refractivity contribution in [2.45, 2.75) is 51.9 Å². The number of rotatable bonds is 6. The van der Waals surface area contributed by atoms with Crippen LogP contribution in [0.3, 0.4) is 0 Å². The molecule has 164 valence electrons. The monoisotopic (exact) mass is 425 g/mol. The van der Waals surface area contributed by atoms with Gasteiger partial charge in [-0.3, -0.25) is 4.98 Å². The number of nitrogens with one attached hydrogen (secondary N) is 2. The van der Waals surface area contributed by atoms with E-state index in [1.807, 2.05) is 26.8 Å². The minimum Gasteiger partial charge on any atom is -0.507 e. The van der Waals surface area contributed by atoms with Gasteiger partial charge in [-0.15, -0.1) is 0 Å². The van der Waals surface area contributed by atoms with Crippen molar-refractivity contribution in [3.05, 3.63) is 47.3 Å². The summed E-state index contributed by atoms with van der Waals surface area (Å²) in [6.45, 7) is 8.20. The molecule has 0 spiro atoms. The van der Waals surface area contributed by atoms with Crippen molar-refractivity contribution in [3.8, 4) is 16.9 Å². The van der Waals surface area contributed by atoms with Crippen LogP contribution in [0.2, 0.25) is 0 Å². The normalized spacial score (nSPS) is 13.2. The van der Waals surface area contributed by atoms with Crippen LogP contribution in [-0.4, -0.2) is 33.9 Å². The zero-order valence-electron chi connectivity index (χ0n) is 17.3. The summed E-state index contributed by atoms with van der Waals surface area (Å²) in [5, 5.41) is 24.9. The number of aromatic hydroxyl groups is 1. The molecule has 1 heterocycles. The first-order valence-corrected chi connectivity index (χ1v) is 9.39. The van der Waals surface area contributed by atoms with E-state index in [2.05, 4.69) is 15.6 Å². The molecule has 0 aliphatic carbocycles. The lowest BCUT2D eigenvalue weighted by Gasteiger charge is -2.23. The van der Waals surface area contributed by atoms with Crippen molar-refractivity contribution in [2.75, 3.05) is 6.54 Å². The van der Waals surface area contributed by atoms with Crippen molar-refractivity contribution in [2.24, 2.45) is 0 Å². The van der Waals surface area contributed by atoms with Gasteiger partial charge >= 0.3 is 12.3 Å². The molecule has 0 saturated heterocycles. The van der Waals surface area contributed by atoms with E-state index in [0.717, 1.165) is 17.8 Å². The van der Waals surface area contributed by atoms with E-state index in [4.69, 9.17) is 5.11 Å². The predicted molar refractivity (Wildman–Crippen MR) is 107 cm³/mol. The van der Waals surface area contributed by atoms with Crippen LogP contribution in [0, 0.1) is 0 Å². The summed E-state index contributed by atoms with van der Waals surface area (Å²) in [6.07, 6.45) is -4.57. The van der Waals surface area contributed by atoms with Gasteiger partial charge in [-0.25, -0.2) is 4.79 Å². The molecule has 2 rings (SSSR count). The first-order valence-electron chi connectivity index (χ1n) is 9.39. The Morgan fingerprint density at radius 3 is 2.37 bits per heavy atom. The van der Waals surface area contributed by atoms with E-state index in [0.29, 0.717) is 16.7 Å². The summed E-state index contributed by atoms with van der Waals surface area (Å²) < 4.78 is 38.4. The van der Waals surface area contributed by atoms with Gasteiger partial charge in [0.05, 0.1) is 0 Å². The number of benzene rings is 1. The summed E-state index contributed by atoms with van der Waals surface area (Å²) >= 11 is 0. The fourth-order valence-electron chi connectivity index (χ4n) is 2.80. The number of hydrogen-bond acceptors (Lipinski definition) is 4. The van der Waals surface area contributed by atoms with Gasteiger partial charge in [0, 0.05) is 42.0 Å². The number of alkyl halides is 3. The van der Waals surface area contributed by atoms with E-state index in [-0.39, 0.29) is 30.3 Å². The van der Waals surface area contributed by atoms with E-state index in [9.17, 15) is 23.1 Å². The number of phenolic OH excluding ortho intramolecular Hbond substituents is 1. The van der Waals surface area contributed by atoms with Crippen LogP contribution in [0.25, 0.3) is 11.1 Å². The molecule has 0 aliphatic rings. The predicted octanol–water partition coefficient (Wildman–Crippen LogP) is 4.52. The van der Waals surface area contributed by atoms with Crippen LogP contribution >= 0.6 is 0 Å². The second-order valence-corrected chi connectivity index (χ2v) is 8.18. The van der Waals surface area contributed by atoms with Crippen LogP contribution in [-0.2, 0) is 18.1 Å². The number of carbonyl (C=O) groups is 1. The third kappa shape index (κ3) is 6.09. The van der Waals surface area contributed by atoms with Crippen LogP contribution in [0.4, 0.5) is 18.0 Å². The summed E-state index contributed by atoms with van der Waals surface area (Å²) in [5.74, 6) is -0.0598. The largest absolute Gasteiger partial charge is 0.507 e. The number of hydrogen-bond donors (Lipinski definition) is 4. The Morgan fingerprint density at radius 2 is 1.87 bits per heavy atom. The summed E-state index contributed by atoms with van der Waals surface area (Å²) in [4.78, 5) is 14.1. The number of carboxylic acid groups (broad SMARTS) is 1. The Balaban J connectivity index is 2.38. The van der Waals surface area contributed by atoms with Crippen molar-refractivity contribution < 1.29 is 28.2 Å². The maximum absolute atomic E-state index is 12.8. The Morgan fingerprint density at radius 1 is 1.20 bits per heavy atom. The van der Waals surface area contributed by atoms with Crippen LogP contribution < -0.4 is 10.6 Å². The number of halogens is 3. The van der Waals surface area contributed by atoms with Crippen molar-refractivity contribution in [1.29, 1.82) is 0 Å². The highest BCUT2D eigenvalue weighted by atomic mass is 19.4. The van der Waals surface area contributed by atoms with Crippen LogP contribution in [0.15, 0.2) is 30.5 Å². The highest BCUT2D eigenvalue weighted by Crippen LogP contribution is 2.38. The van der Waals surface area contributed by atoms with E-state index in [1.54, 1.807) is 13.0 Å². The smallest absolute Gasteiger partial charge is 0.433 e. The number of pyridine rings is 1. The molecule has 0 saturated carbocycles. The molecule has 30 heavy (non-hydrogen) atoms. The molecule has 1 aromatic carbocycles. The molecule has 2 aromatic rings. The molecule has 0 bridgehead atoms. The second-order valence-electron chi connectivity index (χ2n) is 8.18. The lowest BCUT2D eigenvalue weighted by molar-refractivity contribution is -0.141. The molecule has 1 aromatic heterocycles. The third-order valence-corrected chi connectivity index (χ3v) is 4.62. The van der Waals surface area contributed by atoms with Gasteiger partial charge < -0.3 is 20.8 Å². The quantitative estimate of drug-likeness (QED) is 0.546. The van der Waals surface area contributed by atoms with Crippen LogP contribution in [0.1, 0.15) is 44.5 Å². The lowest BCUT2D eigenvalue weighted by Crippen LogP contribution is -2.38. The topological polar surface area (TPSA) is 94.5 Å². The molecule has 0 radical (unpaired) electrons. The van der Waals surface area contributed by atoms with Gasteiger partial charge in [0.25, 0.3) is 0 Å². The Labute approximate surface area is 173 Å². The molecular formula is C21H26F3N3O3. The van der Waals surface area contributed by atoms with Gasteiger partial charge in [-0.05, 0) is 30.0 Å². The molecular weight excluding hydrogens is 399 g/mol. The Bertz CT molecular complexity index is 891. The Kier molecular flexibility index (Phi) is 6.97. The zero-order chi connectivity index (χ0) is 22.7. The van der Waals surface area contributed by atoms with Crippen LogP contribution in [0.5, 0.6) is 5.75 Å². The molecule has 4 N–H and O–H groups in total. The zero-order valence-corrected chi connectivity index (χ0v) is 17.3. The number of amides is 1. The lowest BCUT2D eigenvalue weighted by atomic mass is 9.83. The van der Waals surface area contributed by atoms with E-state index in [1.165, 1.54) is 6.07 Å². The van der Waals surface area contributed by atoms with Gasteiger partial charge in [-0.1, -0.05) is 32.9 Å². The number of phenols is 1. The summed E-state index contributed by atoms with van der Waals surface area (Å²) in [7, 11) is 0. The average molecular weight is 425 g/mol. The fourth-order valence-corrected chi connectivity index (χ4v) is 2.80. The van der Waals surface area contributed by atoms with Gasteiger partial charge in [-0.2, -0.15) is 13.2 Å². The summed E-state index contributed by atoms with van der Waals surface area (Å²) in [5.41, 5.74) is 0.930. The molecule has 0 fully saturated rings. The molecule has 1 unspecified atom stereocenters. The maximum atomic E-state index is 12.8. The van der Waals surface area contributed by atoms with Gasteiger partial charge in [0.2, 0.25) is 0 Å². The first-order chi connectivity index (χ1) is 13.8. The van der Waals surface area contributed by atoms with E-state index >= 15 is 0 Å². The minimum absolute atomic E-state index is 0.0598. The number of nitrogens with zero attached hydrogens (tertiary/aromatic N) is 1. The fraction of sp³-hybridized carbons (Fsp3) is 0.429. The summed E-state index contributed by atoms with van der Waals surface area (Å²) in [6, 6.07) is 5.55. The standard InChI is InChI=1S/C21H26F3N3O3/c1-12(9-27-19(29)30)25-11-14-7-15(20(2,3)4)8-16(18(14)28)13-5-6-17(26-10-13)21(22,23)24/h5-8,10,12,25,27-28H,9,11H2,1-4H3,(H,29,30). The Hall–Kier alpha value is -2.81. The average Bonchev–Trinajstić information content (AvgIpc) is 2.64. The van der Waals surface area contributed by atoms with Crippen molar-refractivity contribution in [1.82, 2.24) is 15.6 Å². The molecule has 9 heteroatoms.